The first kappa shape index (κ1) is 12.8. The molecule has 2 atom stereocenters. The summed E-state index contributed by atoms with van der Waals surface area (Å²) in [5.41, 5.74) is 1.58. The number of rotatable bonds is 1. The van der Waals surface area contributed by atoms with Crippen molar-refractivity contribution in [2.24, 2.45) is 11.3 Å². The van der Waals surface area contributed by atoms with Gasteiger partial charge < -0.3 is 10.2 Å². The average Bonchev–Trinajstić information content (AvgIpc) is 2.49. The Bertz CT molecular complexity index is 496. The highest BCUT2D eigenvalue weighted by Gasteiger charge is 2.52. The lowest BCUT2D eigenvalue weighted by atomic mass is 9.56. The van der Waals surface area contributed by atoms with Gasteiger partial charge in [0, 0.05) is 19.0 Å². The molecule has 4 aliphatic heterocycles. The third kappa shape index (κ3) is 1.91. The molecule has 4 fully saturated rings. The molecule has 2 nitrogen and oxygen atoms in total. The molecule has 0 radical (unpaired) electrons. The van der Waals surface area contributed by atoms with Crippen LogP contribution in [0.15, 0.2) is 24.3 Å². The van der Waals surface area contributed by atoms with Gasteiger partial charge in [-0.2, -0.15) is 0 Å². The molecule has 108 valence electrons. The van der Waals surface area contributed by atoms with Gasteiger partial charge in [0.15, 0.2) is 0 Å². The highest BCUT2D eigenvalue weighted by atomic mass is 19.1. The number of halogens is 1. The number of piperidine rings is 4. The Hall–Kier alpha value is -0.930. The largest absolute Gasteiger partial charge is 0.316 e. The highest BCUT2D eigenvalue weighted by molar-refractivity contribution is 5.26. The molecule has 0 saturated carbocycles. The molecule has 1 spiro atoms. The van der Waals surface area contributed by atoms with Crippen molar-refractivity contribution < 1.29 is 4.39 Å². The fourth-order valence-electron chi connectivity index (χ4n) is 5.01. The topological polar surface area (TPSA) is 15.3 Å². The van der Waals surface area contributed by atoms with Gasteiger partial charge in [-0.1, -0.05) is 12.1 Å². The minimum absolute atomic E-state index is 0.0931. The molecule has 0 amide bonds. The van der Waals surface area contributed by atoms with Crippen LogP contribution >= 0.6 is 0 Å². The molecule has 1 aromatic carbocycles. The molecule has 3 heteroatoms. The summed E-state index contributed by atoms with van der Waals surface area (Å²) in [5, 5.41) is 3.54. The number of benzene rings is 1. The van der Waals surface area contributed by atoms with Gasteiger partial charge in [0.2, 0.25) is 0 Å². The maximum absolute atomic E-state index is 13.6. The molecule has 4 aliphatic rings. The monoisotopic (exact) mass is 274 g/mol. The van der Waals surface area contributed by atoms with Gasteiger partial charge >= 0.3 is 0 Å². The van der Waals surface area contributed by atoms with Crippen LogP contribution in [-0.2, 0) is 0 Å². The number of nitrogens with one attached hydrogen (secondary N) is 1. The third-order valence-electron chi connectivity index (χ3n) is 5.98. The predicted octanol–water partition coefficient (Wildman–Crippen LogP) is 2.61. The van der Waals surface area contributed by atoms with Crippen molar-refractivity contribution in [1.29, 1.82) is 0 Å². The third-order valence-corrected chi connectivity index (χ3v) is 5.98. The van der Waals surface area contributed by atoms with Gasteiger partial charge in [0.25, 0.3) is 0 Å². The second-order valence-electron chi connectivity index (χ2n) is 6.85. The molecule has 1 N–H and O–H groups in total. The summed E-state index contributed by atoms with van der Waals surface area (Å²) in [6.45, 7) is 5.90. The van der Waals surface area contributed by atoms with Crippen molar-refractivity contribution >= 4 is 0 Å². The molecule has 2 unspecified atom stereocenters. The molecule has 4 saturated heterocycles. The van der Waals surface area contributed by atoms with E-state index in [9.17, 15) is 4.39 Å². The Labute approximate surface area is 120 Å². The Morgan fingerprint density at radius 3 is 2.80 bits per heavy atom. The summed E-state index contributed by atoms with van der Waals surface area (Å²) in [7, 11) is 0. The van der Waals surface area contributed by atoms with Crippen LogP contribution < -0.4 is 5.32 Å². The Morgan fingerprint density at radius 2 is 2.10 bits per heavy atom. The maximum Gasteiger partial charge on any atom is 0.123 e. The summed E-state index contributed by atoms with van der Waals surface area (Å²) in [6, 6.07) is 7.31. The van der Waals surface area contributed by atoms with Crippen molar-refractivity contribution in [2.75, 3.05) is 32.7 Å². The molecule has 0 aliphatic carbocycles. The standard InChI is InChI=1S/C17H23FN2/c18-15-3-1-2-13(10-15)16-11-19-7-6-17(16)12-20-8-4-14(17)5-9-20/h1-3,10,14,16,19H,4-9,11-12H2. The highest BCUT2D eigenvalue weighted by Crippen LogP contribution is 2.53. The Kier molecular flexibility index (Phi) is 3.08. The molecule has 4 heterocycles. The van der Waals surface area contributed by atoms with Crippen LogP contribution in [0.2, 0.25) is 0 Å². The van der Waals surface area contributed by atoms with E-state index >= 15 is 0 Å². The number of hydrogen-bond acceptors (Lipinski definition) is 2. The summed E-state index contributed by atoms with van der Waals surface area (Å²) >= 11 is 0. The number of hydrogen-bond donors (Lipinski definition) is 1. The zero-order valence-electron chi connectivity index (χ0n) is 11.9. The summed E-state index contributed by atoms with van der Waals surface area (Å²) in [5.74, 6) is 1.22. The van der Waals surface area contributed by atoms with Crippen LogP contribution in [0.3, 0.4) is 0 Å². The van der Waals surface area contributed by atoms with Crippen LogP contribution in [0.25, 0.3) is 0 Å². The van der Waals surface area contributed by atoms with Crippen molar-refractivity contribution in [1.82, 2.24) is 10.2 Å². The first-order valence-electron chi connectivity index (χ1n) is 7.96. The average molecular weight is 274 g/mol. The molecular formula is C17H23FN2. The lowest BCUT2D eigenvalue weighted by Crippen LogP contribution is -2.60. The first-order valence-corrected chi connectivity index (χ1v) is 7.96. The lowest BCUT2D eigenvalue weighted by Gasteiger charge is -2.58. The van der Waals surface area contributed by atoms with Gasteiger partial charge in [0.1, 0.15) is 5.82 Å². The van der Waals surface area contributed by atoms with E-state index in [1.54, 1.807) is 12.1 Å². The van der Waals surface area contributed by atoms with Crippen molar-refractivity contribution in [2.45, 2.75) is 25.2 Å². The molecule has 2 bridgehead atoms. The zero-order valence-corrected chi connectivity index (χ0v) is 11.9. The normalized spacial score (nSPS) is 40.1. The lowest BCUT2D eigenvalue weighted by molar-refractivity contribution is -0.0617. The van der Waals surface area contributed by atoms with Crippen LogP contribution in [0.4, 0.5) is 4.39 Å². The fourth-order valence-corrected chi connectivity index (χ4v) is 5.01. The van der Waals surface area contributed by atoms with E-state index in [1.165, 1.54) is 44.5 Å². The van der Waals surface area contributed by atoms with Crippen LogP contribution in [0.5, 0.6) is 0 Å². The SMILES string of the molecule is Fc1cccc(C2CNCCC23CN2CCC3CC2)c1. The molecule has 1 aromatic rings. The number of fused-ring (bicyclic) bond motifs is 2. The zero-order chi connectivity index (χ0) is 13.6. The van der Waals surface area contributed by atoms with Crippen molar-refractivity contribution in [3.63, 3.8) is 0 Å². The second-order valence-corrected chi connectivity index (χ2v) is 6.85. The smallest absolute Gasteiger partial charge is 0.123 e. The fraction of sp³-hybridized carbons (Fsp3) is 0.647. The van der Waals surface area contributed by atoms with Gasteiger partial charge in [0.05, 0.1) is 0 Å². The Morgan fingerprint density at radius 1 is 1.25 bits per heavy atom. The minimum atomic E-state index is -0.0931. The van der Waals surface area contributed by atoms with Crippen molar-refractivity contribution in [3.8, 4) is 0 Å². The van der Waals surface area contributed by atoms with Gasteiger partial charge in [-0.05, 0) is 67.9 Å². The van der Waals surface area contributed by atoms with Crippen LogP contribution in [0.1, 0.15) is 30.7 Å². The van der Waals surface area contributed by atoms with E-state index in [0.29, 0.717) is 11.3 Å². The van der Waals surface area contributed by atoms with E-state index in [4.69, 9.17) is 0 Å². The van der Waals surface area contributed by atoms with Crippen LogP contribution in [-0.4, -0.2) is 37.6 Å². The number of nitrogens with zero attached hydrogens (tertiary/aromatic N) is 1. The quantitative estimate of drug-likeness (QED) is 0.847. The molecular weight excluding hydrogens is 251 g/mol. The molecule has 20 heavy (non-hydrogen) atoms. The summed E-state index contributed by atoms with van der Waals surface area (Å²) < 4.78 is 13.6. The van der Waals surface area contributed by atoms with E-state index in [0.717, 1.165) is 19.0 Å². The van der Waals surface area contributed by atoms with Gasteiger partial charge in [-0.3, -0.25) is 0 Å². The first-order chi connectivity index (χ1) is 9.78. The van der Waals surface area contributed by atoms with E-state index in [1.807, 2.05) is 6.07 Å². The summed E-state index contributed by atoms with van der Waals surface area (Å²) in [6.07, 6.45) is 3.92. The van der Waals surface area contributed by atoms with Gasteiger partial charge in [-0.25, -0.2) is 4.39 Å². The second kappa shape index (κ2) is 4.81. The van der Waals surface area contributed by atoms with Crippen molar-refractivity contribution in [3.05, 3.63) is 35.6 Å². The maximum atomic E-state index is 13.6. The van der Waals surface area contributed by atoms with Crippen LogP contribution in [0, 0.1) is 17.2 Å². The molecule has 5 rings (SSSR count). The Balaban J connectivity index is 1.73. The summed E-state index contributed by atoms with van der Waals surface area (Å²) in [4.78, 5) is 2.64. The van der Waals surface area contributed by atoms with Gasteiger partial charge in [-0.15, -0.1) is 0 Å². The van der Waals surface area contributed by atoms with E-state index < -0.39 is 0 Å². The van der Waals surface area contributed by atoms with E-state index in [2.05, 4.69) is 16.3 Å². The van der Waals surface area contributed by atoms with E-state index in [-0.39, 0.29) is 5.82 Å². The minimum Gasteiger partial charge on any atom is -0.316 e. The predicted molar refractivity (Wildman–Crippen MR) is 78.2 cm³/mol. The molecule has 0 aromatic heterocycles.